The molecule has 0 bridgehead atoms. The van der Waals surface area contributed by atoms with Gasteiger partial charge < -0.3 is 19.6 Å². The third-order valence-corrected chi connectivity index (χ3v) is 5.12. The van der Waals surface area contributed by atoms with Crippen molar-refractivity contribution >= 4 is 11.0 Å². The van der Waals surface area contributed by atoms with Gasteiger partial charge in [0.15, 0.2) is 5.43 Å². The zero-order chi connectivity index (χ0) is 21.8. The molecule has 0 spiro atoms. The first-order valence-electron chi connectivity index (χ1n) is 9.98. The highest BCUT2D eigenvalue weighted by Crippen LogP contribution is 2.24. The highest BCUT2D eigenvalue weighted by atomic mass is 19.1. The van der Waals surface area contributed by atoms with Gasteiger partial charge in [-0.1, -0.05) is 24.3 Å². The molecule has 1 atom stereocenters. The number of phenolic OH excluding ortho intramolecular Hbond substituents is 1. The molecule has 31 heavy (non-hydrogen) atoms. The predicted molar refractivity (Wildman–Crippen MR) is 118 cm³/mol. The summed E-state index contributed by atoms with van der Waals surface area (Å²) in [7, 11) is 0. The fourth-order valence-corrected chi connectivity index (χ4v) is 3.35. The van der Waals surface area contributed by atoms with E-state index in [9.17, 15) is 14.3 Å². The van der Waals surface area contributed by atoms with Crippen LogP contribution in [0.15, 0.2) is 82.2 Å². The van der Waals surface area contributed by atoms with Crippen LogP contribution in [0.25, 0.3) is 22.1 Å². The van der Waals surface area contributed by atoms with Gasteiger partial charge in [0.05, 0.1) is 10.9 Å². The summed E-state index contributed by atoms with van der Waals surface area (Å²) >= 11 is 0. The fraction of sp³-hybridized carbons (Fsp3) is 0.160. The zero-order valence-electron chi connectivity index (χ0n) is 17.0. The third-order valence-electron chi connectivity index (χ3n) is 5.12. The van der Waals surface area contributed by atoms with Gasteiger partial charge in [0.25, 0.3) is 0 Å². The SMILES string of the molecule is CC(NCCOc1ccc2c(=O)c(-c3ccc(O)cc3)coc2c1)c1ccc(F)cc1. The van der Waals surface area contributed by atoms with Gasteiger partial charge in [0.1, 0.15) is 35.8 Å². The van der Waals surface area contributed by atoms with Gasteiger partial charge >= 0.3 is 0 Å². The van der Waals surface area contributed by atoms with Gasteiger partial charge in [-0.25, -0.2) is 4.39 Å². The summed E-state index contributed by atoms with van der Waals surface area (Å²) in [5, 5.41) is 13.2. The number of ether oxygens (including phenoxy) is 1. The lowest BCUT2D eigenvalue weighted by molar-refractivity contribution is 0.307. The first-order chi connectivity index (χ1) is 15.0. The Morgan fingerprint density at radius 1 is 1.06 bits per heavy atom. The molecule has 4 rings (SSSR count). The van der Waals surface area contributed by atoms with Gasteiger partial charge in [-0.2, -0.15) is 0 Å². The smallest absolute Gasteiger partial charge is 0.200 e. The second-order valence-electron chi connectivity index (χ2n) is 7.26. The molecule has 0 aliphatic heterocycles. The summed E-state index contributed by atoms with van der Waals surface area (Å²) in [6.45, 7) is 3.02. The van der Waals surface area contributed by atoms with Crippen molar-refractivity contribution in [1.29, 1.82) is 0 Å². The van der Waals surface area contributed by atoms with E-state index in [4.69, 9.17) is 9.15 Å². The minimum Gasteiger partial charge on any atom is -0.508 e. The molecule has 0 saturated heterocycles. The molecule has 4 aromatic rings. The van der Waals surface area contributed by atoms with Crippen LogP contribution in [-0.4, -0.2) is 18.3 Å². The maximum Gasteiger partial charge on any atom is 0.200 e. The molecule has 0 aliphatic carbocycles. The monoisotopic (exact) mass is 419 g/mol. The van der Waals surface area contributed by atoms with Crippen molar-refractivity contribution in [2.45, 2.75) is 13.0 Å². The van der Waals surface area contributed by atoms with E-state index in [1.165, 1.54) is 30.5 Å². The van der Waals surface area contributed by atoms with E-state index >= 15 is 0 Å². The fourth-order valence-electron chi connectivity index (χ4n) is 3.35. The van der Waals surface area contributed by atoms with Gasteiger partial charge in [0.2, 0.25) is 0 Å². The maximum atomic E-state index is 13.0. The molecule has 0 amide bonds. The topological polar surface area (TPSA) is 71.7 Å². The Kier molecular flexibility index (Phi) is 6.00. The number of nitrogens with one attached hydrogen (secondary N) is 1. The van der Waals surface area contributed by atoms with Gasteiger partial charge in [-0.05, 0) is 54.4 Å². The molecule has 0 fully saturated rings. The van der Waals surface area contributed by atoms with Crippen molar-refractivity contribution < 1.29 is 18.7 Å². The Morgan fingerprint density at radius 2 is 1.81 bits per heavy atom. The molecule has 5 nitrogen and oxygen atoms in total. The number of phenols is 1. The van der Waals surface area contributed by atoms with Crippen LogP contribution in [0.2, 0.25) is 0 Å². The van der Waals surface area contributed by atoms with E-state index < -0.39 is 0 Å². The van der Waals surface area contributed by atoms with Crippen LogP contribution >= 0.6 is 0 Å². The van der Waals surface area contributed by atoms with E-state index in [0.29, 0.717) is 41.0 Å². The minimum absolute atomic E-state index is 0.0668. The first kappa shape index (κ1) is 20.6. The highest BCUT2D eigenvalue weighted by molar-refractivity contribution is 5.82. The lowest BCUT2D eigenvalue weighted by atomic mass is 10.1. The average Bonchev–Trinajstić information content (AvgIpc) is 2.78. The quantitative estimate of drug-likeness (QED) is 0.411. The van der Waals surface area contributed by atoms with Gasteiger partial charge in [0, 0.05) is 18.7 Å². The van der Waals surface area contributed by atoms with E-state index in [0.717, 1.165) is 5.56 Å². The van der Waals surface area contributed by atoms with E-state index in [-0.39, 0.29) is 23.0 Å². The molecular formula is C25H22FNO4. The normalized spacial score (nSPS) is 12.1. The van der Waals surface area contributed by atoms with Crippen LogP contribution < -0.4 is 15.5 Å². The standard InChI is InChI=1S/C25H22FNO4/c1-16(17-2-6-19(26)7-3-17)27-12-13-30-21-10-11-22-24(14-21)31-15-23(25(22)29)18-4-8-20(28)9-5-18/h2-11,14-16,27-28H,12-13H2,1H3. The van der Waals surface area contributed by atoms with Crippen LogP contribution in [0, 0.1) is 5.82 Å². The maximum absolute atomic E-state index is 13.0. The molecule has 0 radical (unpaired) electrons. The molecule has 3 aromatic carbocycles. The van der Waals surface area contributed by atoms with Crippen LogP contribution in [0.4, 0.5) is 4.39 Å². The summed E-state index contributed by atoms with van der Waals surface area (Å²) in [4.78, 5) is 12.8. The number of fused-ring (bicyclic) bond motifs is 1. The molecule has 0 aliphatic rings. The summed E-state index contributed by atoms with van der Waals surface area (Å²) in [5.74, 6) is 0.485. The van der Waals surface area contributed by atoms with Crippen molar-refractivity contribution in [3.05, 3.63) is 94.6 Å². The molecule has 2 N–H and O–H groups in total. The van der Waals surface area contributed by atoms with Crippen molar-refractivity contribution in [2.75, 3.05) is 13.2 Å². The summed E-state index contributed by atoms with van der Waals surface area (Å²) < 4.78 is 24.5. The Balaban J connectivity index is 1.40. The molecule has 1 aromatic heterocycles. The molecule has 1 heterocycles. The predicted octanol–water partition coefficient (Wildman–Crippen LogP) is 5.03. The van der Waals surface area contributed by atoms with Crippen LogP contribution in [-0.2, 0) is 0 Å². The van der Waals surface area contributed by atoms with Crippen molar-refractivity contribution in [1.82, 2.24) is 5.32 Å². The minimum atomic E-state index is -0.252. The van der Waals surface area contributed by atoms with Crippen molar-refractivity contribution in [3.8, 4) is 22.6 Å². The lowest BCUT2D eigenvalue weighted by Crippen LogP contribution is -2.24. The molecule has 158 valence electrons. The van der Waals surface area contributed by atoms with Crippen LogP contribution in [0.1, 0.15) is 18.5 Å². The number of hydrogen-bond donors (Lipinski definition) is 2. The largest absolute Gasteiger partial charge is 0.508 e. The molecular weight excluding hydrogens is 397 g/mol. The Labute approximate surface area is 178 Å². The number of benzene rings is 3. The van der Waals surface area contributed by atoms with E-state index in [2.05, 4.69) is 5.32 Å². The summed E-state index contributed by atoms with van der Waals surface area (Å²) in [6, 6.07) is 18.0. The first-order valence-corrected chi connectivity index (χ1v) is 9.98. The van der Waals surface area contributed by atoms with Gasteiger partial charge in [-0.3, -0.25) is 4.79 Å². The van der Waals surface area contributed by atoms with Crippen molar-refractivity contribution in [2.24, 2.45) is 0 Å². The van der Waals surface area contributed by atoms with Crippen LogP contribution in [0.3, 0.4) is 0 Å². The Bertz CT molecular complexity index is 1230. The second-order valence-corrected chi connectivity index (χ2v) is 7.26. The van der Waals surface area contributed by atoms with E-state index in [1.807, 2.05) is 6.92 Å². The molecule has 1 unspecified atom stereocenters. The van der Waals surface area contributed by atoms with Crippen LogP contribution in [0.5, 0.6) is 11.5 Å². The molecule has 0 saturated carbocycles. The third kappa shape index (κ3) is 4.75. The number of halogens is 1. The number of rotatable bonds is 7. The Morgan fingerprint density at radius 3 is 2.55 bits per heavy atom. The summed E-state index contributed by atoms with van der Waals surface area (Å²) in [6.07, 6.45) is 1.42. The zero-order valence-corrected chi connectivity index (χ0v) is 17.0. The second kappa shape index (κ2) is 9.02. The summed E-state index contributed by atoms with van der Waals surface area (Å²) in [5.41, 5.74) is 2.40. The molecule has 6 heteroatoms. The number of aromatic hydroxyl groups is 1. The highest BCUT2D eigenvalue weighted by Gasteiger charge is 2.10. The van der Waals surface area contributed by atoms with Crippen molar-refractivity contribution in [3.63, 3.8) is 0 Å². The average molecular weight is 419 g/mol. The Hall–Kier alpha value is -3.64. The lowest BCUT2D eigenvalue weighted by Gasteiger charge is -2.14. The van der Waals surface area contributed by atoms with Gasteiger partial charge in [-0.15, -0.1) is 0 Å². The number of hydrogen-bond acceptors (Lipinski definition) is 5. The van der Waals surface area contributed by atoms with E-state index in [1.54, 1.807) is 42.5 Å².